The molecule has 1 fully saturated rings. The molecule has 1 rings (SSSR count). The molecule has 14 heavy (non-hydrogen) atoms. The molecular weight excluding hydrogens is 178 g/mol. The molecule has 0 saturated carbocycles. The van der Waals surface area contributed by atoms with Gasteiger partial charge in [-0.2, -0.15) is 0 Å². The Labute approximate surface area is 86.1 Å². The highest BCUT2D eigenvalue weighted by Gasteiger charge is 2.31. The van der Waals surface area contributed by atoms with Crippen LogP contribution in [-0.2, 0) is 4.79 Å². The van der Waals surface area contributed by atoms with Crippen molar-refractivity contribution in [3.63, 3.8) is 0 Å². The first kappa shape index (κ1) is 11.7. The van der Waals surface area contributed by atoms with E-state index < -0.39 is 0 Å². The molecule has 0 aromatic heterocycles. The van der Waals surface area contributed by atoms with Crippen LogP contribution in [0.2, 0.25) is 0 Å². The molecule has 1 heterocycles. The Morgan fingerprint density at radius 1 is 1.43 bits per heavy atom. The Hall–Kier alpha value is -0.410. The van der Waals surface area contributed by atoms with E-state index in [-0.39, 0.29) is 24.0 Å². The number of rotatable bonds is 3. The first-order valence-corrected chi connectivity index (χ1v) is 5.48. The minimum Gasteiger partial charge on any atom is -0.392 e. The summed E-state index contributed by atoms with van der Waals surface area (Å²) < 4.78 is 0. The fraction of sp³-hybridized carbons (Fsp3) is 0.909. The molecule has 0 spiro atoms. The first-order chi connectivity index (χ1) is 6.54. The van der Waals surface area contributed by atoms with Crippen molar-refractivity contribution in [2.45, 2.75) is 58.2 Å². The number of hydrogen-bond acceptors (Lipinski definition) is 3. The van der Waals surface area contributed by atoms with Crippen LogP contribution in [0.4, 0.5) is 0 Å². The predicted octanol–water partition coefficient (Wildman–Crippen LogP) is 1.20. The highest BCUT2D eigenvalue weighted by molar-refractivity contribution is 5.81. The SMILES string of the molecule is CC(=O)C1CCCCN1C(C)C(C)O. The highest BCUT2D eigenvalue weighted by Crippen LogP contribution is 2.21. The number of piperidine rings is 1. The third kappa shape index (κ3) is 2.55. The number of aliphatic hydroxyl groups excluding tert-OH is 1. The van der Waals surface area contributed by atoms with Crippen molar-refractivity contribution in [3.8, 4) is 0 Å². The van der Waals surface area contributed by atoms with Crippen LogP contribution in [-0.4, -0.2) is 40.5 Å². The monoisotopic (exact) mass is 199 g/mol. The Morgan fingerprint density at radius 3 is 2.57 bits per heavy atom. The minimum absolute atomic E-state index is 0.0355. The molecule has 1 aliphatic rings. The number of nitrogens with zero attached hydrogens (tertiary/aromatic N) is 1. The maximum atomic E-state index is 11.4. The fourth-order valence-electron chi connectivity index (χ4n) is 2.16. The van der Waals surface area contributed by atoms with E-state index >= 15 is 0 Å². The number of aliphatic hydroxyl groups is 1. The van der Waals surface area contributed by atoms with Gasteiger partial charge in [-0.05, 0) is 40.2 Å². The van der Waals surface area contributed by atoms with Gasteiger partial charge in [0, 0.05) is 6.04 Å². The number of likely N-dealkylation sites (tertiary alicyclic amines) is 1. The predicted molar refractivity (Wildman–Crippen MR) is 56.2 cm³/mol. The van der Waals surface area contributed by atoms with Crippen LogP contribution in [0.5, 0.6) is 0 Å². The van der Waals surface area contributed by atoms with Crippen molar-refractivity contribution in [1.29, 1.82) is 0 Å². The van der Waals surface area contributed by atoms with Gasteiger partial charge in [0.25, 0.3) is 0 Å². The van der Waals surface area contributed by atoms with Gasteiger partial charge in [0.2, 0.25) is 0 Å². The summed E-state index contributed by atoms with van der Waals surface area (Å²) in [5.74, 6) is 0.234. The summed E-state index contributed by atoms with van der Waals surface area (Å²) in [5, 5.41) is 9.52. The Balaban J connectivity index is 2.67. The van der Waals surface area contributed by atoms with E-state index in [0.717, 1.165) is 25.8 Å². The molecule has 3 unspecified atom stereocenters. The second-order valence-electron chi connectivity index (χ2n) is 4.34. The van der Waals surface area contributed by atoms with E-state index in [1.807, 2.05) is 6.92 Å². The summed E-state index contributed by atoms with van der Waals surface area (Å²) in [4.78, 5) is 13.6. The van der Waals surface area contributed by atoms with Crippen LogP contribution in [0, 0.1) is 0 Å². The first-order valence-electron chi connectivity index (χ1n) is 5.48. The zero-order valence-corrected chi connectivity index (χ0v) is 9.36. The van der Waals surface area contributed by atoms with E-state index in [9.17, 15) is 9.90 Å². The second kappa shape index (κ2) is 4.89. The molecule has 0 amide bonds. The van der Waals surface area contributed by atoms with Gasteiger partial charge in [0.05, 0.1) is 12.1 Å². The lowest BCUT2D eigenvalue weighted by Crippen LogP contribution is -2.51. The number of ketones is 1. The third-order valence-corrected chi connectivity index (χ3v) is 3.23. The second-order valence-corrected chi connectivity index (χ2v) is 4.34. The van der Waals surface area contributed by atoms with Crippen molar-refractivity contribution in [1.82, 2.24) is 4.90 Å². The van der Waals surface area contributed by atoms with Crippen LogP contribution < -0.4 is 0 Å². The van der Waals surface area contributed by atoms with E-state index in [1.54, 1.807) is 13.8 Å². The molecule has 1 aliphatic heterocycles. The minimum atomic E-state index is -0.366. The van der Waals surface area contributed by atoms with Crippen molar-refractivity contribution in [2.24, 2.45) is 0 Å². The topological polar surface area (TPSA) is 40.5 Å². The molecule has 1 N–H and O–H groups in total. The molecule has 0 aliphatic carbocycles. The van der Waals surface area contributed by atoms with Gasteiger partial charge in [-0.3, -0.25) is 9.69 Å². The van der Waals surface area contributed by atoms with Crippen LogP contribution >= 0.6 is 0 Å². The molecule has 82 valence electrons. The van der Waals surface area contributed by atoms with Gasteiger partial charge in [-0.1, -0.05) is 6.42 Å². The quantitative estimate of drug-likeness (QED) is 0.742. The lowest BCUT2D eigenvalue weighted by Gasteiger charge is -2.39. The van der Waals surface area contributed by atoms with Gasteiger partial charge in [-0.25, -0.2) is 0 Å². The van der Waals surface area contributed by atoms with Crippen LogP contribution in [0.1, 0.15) is 40.0 Å². The summed E-state index contributed by atoms with van der Waals surface area (Å²) in [7, 11) is 0. The van der Waals surface area contributed by atoms with Crippen LogP contribution in [0.3, 0.4) is 0 Å². The molecule has 0 aromatic rings. The summed E-state index contributed by atoms with van der Waals surface area (Å²) in [5.41, 5.74) is 0. The molecule has 1 saturated heterocycles. The van der Waals surface area contributed by atoms with Gasteiger partial charge in [0.1, 0.15) is 5.78 Å². The smallest absolute Gasteiger partial charge is 0.146 e. The van der Waals surface area contributed by atoms with Gasteiger partial charge in [0.15, 0.2) is 0 Å². The summed E-state index contributed by atoms with van der Waals surface area (Å²) >= 11 is 0. The van der Waals surface area contributed by atoms with E-state index in [0.29, 0.717) is 0 Å². The average Bonchev–Trinajstić information content (AvgIpc) is 2.16. The zero-order valence-electron chi connectivity index (χ0n) is 9.36. The number of carbonyl (C=O) groups is 1. The maximum Gasteiger partial charge on any atom is 0.146 e. The molecule has 0 radical (unpaired) electrons. The van der Waals surface area contributed by atoms with Crippen LogP contribution in [0.15, 0.2) is 0 Å². The normalized spacial score (nSPS) is 28.4. The standard InChI is InChI=1S/C11H21NO2/c1-8(9(2)13)12-7-5-4-6-11(12)10(3)14/h8-9,11,13H,4-7H2,1-3H3. The van der Waals surface area contributed by atoms with Gasteiger partial charge < -0.3 is 5.11 Å². The average molecular weight is 199 g/mol. The fourth-order valence-corrected chi connectivity index (χ4v) is 2.16. The Kier molecular flexibility index (Phi) is 4.08. The lowest BCUT2D eigenvalue weighted by atomic mass is 9.96. The molecule has 0 aromatic carbocycles. The summed E-state index contributed by atoms with van der Waals surface area (Å²) in [6.45, 7) is 6.37. The van der Waals surface area contributed by atoms with Gasteiger partial charge >= 0.3 is 0 Å². The Morgan fingerprint density at radius 2 is 2.07 bits per heavy atom. The summed E-state index contributed by atoms with van der Waals surface area (Å²) in [6.07, 6.45) is 2.86. The molecule has 0 bridgehead atoms. The van der Waals surface area contributed by atoms with E-state index in [4.69, 9.17) is 0 Å². The summed E-state index contributed by atoms with van der Waals surface area (Å²) in [6, 6.07) is 0.123. The molecule has 3 atom stereocenters. The zero-order chi connectivity index (χ0) is 10.7. The lowest BCUT2D eigenvalue weighted by molar-refractivity contribution is -0.125. The van der Waals surface area contributed by atoms with Crippen LogP contribution in [0.25, 0.3) is 0 Å². The van der Waals surface area contributed by atoms with Crippen molar-refractivity contribution < 1.29 is 9.90 Å². The molecule has 3 heteroatoms. The number of carbonyl (C=O) groups excluding carboxylic acids is 1. The van der Waals surface area contributed by atoms with Crippen molar-refractivity contribution >= 4 is 5.78 Å². The Bertz CT molecular complexity index is 203. The highest BCUT2D eigenvalue weighted by atomic mass is 16.3. The van der Waals surface area contributed by atoms with E-state index in [1.165, 1.54) is 0 Å². The molecular formula is C11H21NO2. The largest absolute Gasteiger partial charge is 0.392 e. The van der Waals surface area contributed by atoms with Crippen molar-refractivity contribution in [3.05, 3.63) is 0 Å². The molecule has 3 nitrogen and oxygen atoms in total. The number of Topliss-reactive ketones (excluding diaryl/α,β-unsaturated/α-hetero) is 1. The third-order valence-electron chi connectivity index (χ3n) is 3.23. The maximum absolute atomic E-state index is 11.4. The van der Waals surface area contributed by atoms with Gasteiger partial charge in [-0.15, -0.1) is 0 Å². The van der Waals surface area contributed by atoms with E-state index in [2.05, 4.69) is 4.90 Å². The number of hydrogen-bond donors (Lipinski definition) is 1. The van der Waals surface area contributed by atoms with Crippen molar-refractivity contribution in [2.75, 3.05) is 6.54 Å².